The van der Waals surface area contributed by atoms with Crippen LogP contribution in [0.25, 0.3) is 0 Å². The summed E-state index contributed by atoms with van der Waals surface area (Å²) >= 11 is 0. The quantitative estimate of drug-likeness (QED) is 0.284. The van der Waals surface area contributed by atoms with Crippen LogP contribution in [0.3, 0.4) is 0 Å². The summed E-state index contributed by atoms with van der Waals surface area (Å²) in [6.07, 6.45) is 2.14. The summed E-state index contributed by atoms with van der Waals surface area (Å²) in [5, 5.41) is 6.71. The molecule has 0 aromatic heterocycles. The highest BCUT2D eigenvalue weighted by molar-refractivity contribution is 5.95. The fraction of sp³-hybridized carbons (Fsp3) is 0.348. The minimum atomic E-state index is -0.318. The number of benzene rings is 2. The average molecular weight is 459 g/mol. The van der Waals surface area contributed by atoms with Crippen molar-refractivity contribution in [1.82, 2.24) is 10.7 Å². The van der Waals surface area contributed by atoms with Crippen LogP contribution in [0, 0.1) is 0 Å². The molecule has 0 aliphatic rings. The van der Waals surface area contributed by atoms with E-state index in [0.717, 1.165) is 5.56 Å². The first kappa shape index (κ1) is 25.3. The second-order valence-electron chi connectivity index (χ2n) is 6.68. The Hall–Kier alpha value is -3.95. The first-order valence-corrected chi connectivity index (χ1v) is 10.1. The largest absolute Gasteiger partial charge is 0.493 e. The lowest BCUT2D eigenvalue weighted by Gasteiger charge is -2.14. The Bertz CT molecular complexity index is 967. The smallest absolute Gasteiger partial charge is 0.251 e. The summed E-state index contributed by atoms with van der Waals surface area (Å²) in [4.78, 5) is 24.4. The predicted molar refractivity (Wildman–Crippen MR) is 123 cm³/mol. The second-order valence-corrected chi connectivity index (χ2v) is 6.68. The highest BCUT2D eigenvalue weighted by Gasteiger charge is 2.16. The molecular formula is C23H29N3O7. The normalized spacial score (nSPS) is 10.5. The van der Waals surface area contributed by atoms with E-state index in [9.17, 15) is 9.59 Å². The van der Waals surface area contributed by atoms with Crippen LogP contribution in [0.5, 0.6) is 28.7 Å². The molecule has 0 saturated carbocycles. The third kappa shape index (κ3) is 7.03. The second kappa shape index (κ2) is 12.8. The van der Waals surface area contributed by atoms with Gasteiger partial charge in [-0.25, -0.2) is 5.43 Å². The molecule has 0 radical (unpaired) electrons. The molecule has 2 N–H and O–H groups in total. The van der Waals surface area contributed by atoms with E-state index in [1.165, 1.54) is 27.5 Å². The summed E-state index contributed by atoms with van der Waals surface area (Å²) in [6.45, 7) is 0.308. The summed E-state index contributed by atoms with van der Waals surface area (Å²) < 4.78 is 26.2. The summed E-state index contributed by atoms with van der Waals surface area (Å²) in [5.74, 6) is 1.75. The van der Waals surface area contributed by atoms with E-state index < -0.39 is 0 Å². The van der Waals surface area contributed by atoms with Crippen LogP contribution < -0.4 is 34.4 Å². The molecule has 10 nitrogen and oxygen atoms in total. The van der Waals surface area contributed by atoms with Crippen molar-refractivity contribution in [2.24, 2.45) is 5.10 Å². The Kier molecular flexibility index (Phi) is 9.81. The SMILES string of the molecule is COc1ccc(/C=N/NC(=O)CCCNC(=O)c2cc(OC)c(OC)c(OC)c2)cc1OC. The number of hydrogen-bond acceptors (Lipinski definition) is 8. The zero-order valence-corrected chi connectivity index (χ0v) is 19.4. The van der Waals surface area contributed by atoms with Gasteiger partial charge in [0.2, 0.25) is 11.7 Å². The Morgan fingerprint density at radius 3 is 2.06 bits per heavy atom. The molecule has 10 heteroatoms. The molecule has 0 unspecified atom stereocenters. The number of ether oxygens (including phenoxy) is 5. The minimum absolute atomic E-state index is 0.193. The van der Waals surface area contributed by atoms with E-state index in [1.807, 2.05) is 0 Å². The first-order valence-electron chi connectivity index (χ1n) is 10.1. The molecule has 2 aromatic carbocycles. The Balaban J connectivity index is 1.81. The number of nitrogens with zero attached hydrogens (tertiary/aromatic N) is 1. The number of hydrazone groups is 1. The van der Waals surface area contributed by atoms with Gasteiger partial charge in [0.15, 0.2) is 23.0 Å². The van der Waals surface area contributed by atoms with Crippen molar-refractivity contribution < 1.29 is 33.3 Å². The third-order valence-corrected chi connectivity index (χ3v) is 4.60. The zero-order valence-electron chi connectivity index (χ0n) is 19.4. The maximum Gasteiger partial charge on any atom is 0.251 e. The number of nitrogens with one attached hydrogen (secondary N) is 2. The van der Waals surface area contributed by atoms with Crippen molar-refractivity contribution in [3.63, 3.8) is 0 Å². The van der Waals surface area contributed by atoms with Crippen molar-refractivity contribution in [2.45, 2.75) is 12.8 Å². The molecule has 0 aliphatic heterocycles. The summed E-state index contributed by atoms with van der Waals surface area (Å²) in [7, 11) is 7.54. The van der Waals surface area contributed by atoms with Crippen LogP contribution in [-0.4, -0.2) is 60.1 Å². The highest BCUT2D eigenvalue weighted by Crippen LogP contribution is 2.38. The molecule has 0 atom stereocenters. The van der Waals surface area contributed by atoms with E-state index in [4.69, 9.17) is 23.7 Å². The van der Waals surface area contributed by atoms with Crippen LogP contribution in [0.2, 0.25) is 0 Å². The lowest BCUT2D eigenvalue weighted by Crippen LogP contribution is -2.26. The Morgan fingerprint density at radius 1 is 0.848 bits per heavy atom. The van der Waals surface area contributed by atoms with Gasteiger partial charge in [-0.05, 0) is 42.3 Å². The molecular weight excluding hydrogens is 430 g/mol. The van der Waals surface area contributed by atoms with E-state index >= 15 is 0 Å². The van der Waals surface area contributed by atoms with Crippen molar-refractivity contribution in [2.75, 3.05) is 42.1 Å². The van der Waals surface area contributed by atoms with E-state index in [0.29, 0.717) is 47.3 Å². The molecule has 0 spiro atoms. The standard InChI is InChI=1S/C23H29N3O7/c1-29-17-9-8-15(11-18(17)30-2)14-25-26-21(27)7-6-10-24-23(28)16-12-19(31-3)22(33-5)20(13-16)32-4/h8-9,11-14H,6-7,10H2,1-5H3,(H,24,28)(H,26,27)/b25-14+. The summed E-state index contributed by atoms with van der Waals surface area (Å²) in [5.41, 5.74) is 3.55. The van der Waals surface area contributed by atoms with Crippen LogP contribution >= 0.6 is 0 Å². The zero-order chi connectivity index (χ0) is 24.2. The van der Waals surface area contributed by atoms with Gasteiger partial charge in [0.05, 0.1) is 41.8 Å². The van der Waals surface area contributed by atoms with Gasteiger partial charge in [0, 0.05) is 18.5 Å². The van der Waals surface area contributed by atoms with Gasteiger partial charge < -0.3 is 29.0 Å². The average Bonchev–Trinajstić information content (AvgIpc) is 2.85. The monoisotopic (exact) mass is 459 g/mol. The fourth-order valence-corrected chi connectivity index (χ4v) is 2.93. The molecule has 2 aromatic rings. The maximum atomic E-state index is 12.4. The molecule has 0 saturated heterocycles. The predicted octanol–water partition coefficient (Wildman–Crippen LogP) is 2.39. The molecule has 0 bridgehead atoms. The molecule has 33 heavy (non-hydrogen) atoms. The van der Waals surface area contributed by atoms with Gasteiger partial charge >= 0.3 is 0 Å². The molecule has 0 aliphatic carbocycles. The maximum absolute atomic E-state index is 12.4. The number of amides is 2. The van der Waals surface area contributed by atoms with Gasteiger partial charge in [-0.3, -0.25) is 9.59 Å². The molecule has 0 heterocycles. The highest BCUT2D eigenvalue weighted by atomic mass is 16.5. The van der Waals surface area contributed by atoms with Gasteiger partial charge in [-0.2, -0.15) is 5.10 Å². The van der Waals surface area contributed by atoms with Crippen LogP contribution in [-0.2, 0) is 4.79 Å². The lowest BCUT2D eigenvalue weighted by atomic mass is 10.1. The van der Waals surface area contributed by atoms with Crippen LogP contribution in [0.4, 0.5) is 0 Å². The molecule has 2 amide bonds. The molecule has 178 valence electrons. The van der Waals surface area contributed by atoms with E-state index in [1.54, 1.807) is 44.6 Å². The lowest BCUT2D eigenvalue weighted by molar-refractivity contribution is -0.121. The number of carbonyl (C=O) groups is 2. The Morgan fingerprint density at radius 2 is 1.48 bits per heavy atom. The number of rotatable bonds is 12. The number of methoxy groups -OCH3 is 5. The number of carbonyl (C=O) groups excluding carboxylic acids is 2. The van der Waals surface area contributed by atoms with E-state index in [-0.39, 0.29) is 18.2 Å². The van der Waals surface area contributed by atoms with Crippen molar-refractivity contribution in [1.29, 1.82) is 0 Å². The van der Waals surface area contributed by atoms with Crippen LogP contribution in [0.15, 0.2) is 35.4 Å². The van der Waals surface area contributed by atoms with Crippen LogP contribution in [0.1, 0.15) is 28.8 Å². The minimum Gasteiger partial charge on any atom is -0.493 e. The fourth-order valence-electron chi connectivity index (χ4n) is 2.93. The van der Waals surface area contributed by atoms with Gasteiger partial charge in [0.1, 0.15) is 0 Å². The molecule has 2 rings (SSSR count). The van der Waals surface area contributed by atoms with E-state index in [2.05, 4.69) is 15.8 Å². The molecule has 0 fully saturated rings. The summed E-state index contributed by atoms with van der Waals surface area (Å²) in [6, 6.07) is 8.40. The van der Waals surface area contributed by atoms with Crippen molar-refractivity contribution in [3.8, 4) is 28.7 Å². The third-order valence-electron chi connectivity index (χ3n) is 4.60. The first-order chi connectivity index (χ1) is 16.0. The van der Waals surface area contributed by atoms with Gasteiger partial charge in [-0.1, -0.05) is 0 Å². The van der Waals surface area contributed by atoms with Gasteiger partial charge in [0.25, 0.3) is 5.91 Å². The van der Waals surface area contributed by atoms with Gasteiger partial charge in [-0.15, -0.1) is 0 Å². The van der Waals surface area contributed by atoms with Crippen molar-refractivity contribution >= 4 is 18.0 Å². The Labute approximate surface area is 192 Å². The number of hydrogen-bond donors (Lipinski definition) is 2. The topological polar surface area (TPSA) is 117 Å². The van der Waals surface area contributed by atoms with Crippen molar-refractivity contribution in [3.05, 3.63) is 41.5 Å².